The molecule has 2 spiro atoms. The first-order chi connectivity index (χ1) is 16.0. The molecule has 1 aromatic rings. The van der Waals surface area contributed by atoms with Crippen molar-refractivity contribution in [2.24, 2.45) is 29.1 Å². The Labute approximate surface area is 197 Å². The molecule has 0 aromatic heterocycles. The molecule has 0 radical (unpaired) electrons. The number of benzene rings is 1. The van der Waals surface area contributed by atoms with Crippen LogP contribution in [0.1, 0.15) is 56.6 Å². The van der Waals surface area contributed by atoms with Gasteiger partial charge in [0.2, 0.25) is 0 Å². The van der Waals surface area contributed by atoms with Crippen LogP contribution in [-0.4, -0.2) is 38.0 Å². The largest absolute Gasteiger partial charge is 0.347 e. The number of fused-ring (bicyclic) bond motifs is 6. The number of hydrogen-bond acceptors (Lipinski definition) is 4. The van der Waals surface area contributed by atoms with E-state index in [9.17, 15) is 0 Å². The maximum Gasteiger partial charge on any atom is 0.177 e. The van der Waals surface area contributed by atoms with E-state index in [-0.39, 0.29) is 11.2 Å². The van der Waals surface area contributed by atoms with E-state index in [1.54, 1.807) is 5.57 Å². The molecule has 0 unspecified atom stereocenters. The summed E-state index contributed by atoms with van der Waals surface area (Å²) < 4.78 is 25.1. The lowest BCUT2D eigenvalue weighted by atomic mass is 9.52. The topological polar surface area (TPSA) is 36.9 Å². The van der Waals surface area contributed by atoms with Crippen LogP contribution in [0.3, 0.4) is 0 Å². The van der Waals surface area contributed by atoms with Gasteiger partial charge in [-0.15, -0.1) is 0 Å². The second-order valence-corrected chi connectivity index (χ2v) is 11.5. The van der Waals surface area contributed by atoms with Crippen molar-refractivity contribution < 1.29 is 18.9 Å². The summed E-state index contributed by atoms with van der Waals surface area (Å²) in [5.41, 5.74) is 5.72. The number of ether oxygens (including phenoxy) is 4. The van der Waals surface area contributed by atoms with Gasteiger partial charge < -0.3 is 18.9 Å². The Morgan fingerprint density at radius 3 is 2.36 bits per heavy atom. The summed E-state index contributed by atoms with van der Waals surface area (Å²) in [6, 6.07) is 9.21. The molecule has 6 aliphatic rings. The van der Waals surface area contributed by atoms with Crippen molar-refractivity contribution in [2.45, 2.75) is 63.9 Å². The Morgan fingerprint density at radius 2 is 1.61 bits per heavy atom. The number of allylic oxidation sites excluding steroid dienone is 2. The molecule has 0 bridgehead atoms. The number of hydrogen-bond donors (Lipinski definition) is 0. The second kappa shape index (κ2) is 7.27. The lowest BCUT2D eigenvalue weighted by Crippen LogP contribution is -2.52. The summed E-state index contributed by atoms with van der Waals surface area (Å²) >= 11 is 0. The number of rotatable bonds is 1. The Bertz CT molecular complexity index is 995. The molecular weight excluding hydrogens is 412 g/mol. The lowest BCUT2D eigenvalue weighted by molar-refractivity contribution is -0.214. The average Bonchev–Trinajstić information content (AvgIpc) is 3.55. The molecule has 5 atom stereocenters. The van der Waals surface area contributed by atoms with Crippen LogP contribution in [0.25, 0.3) is 5.57 Å². The van der Waals surface area contributed by atoms with Crippen molar-refractivity contribution in [3.63, 3.8) is 0 Å². The van der Waals surface area contributed by atoms with Crippen molar-refractivity contribution in [1.82, 2.24) is 0 Å². The zero-order valence-corrected chi connectivity index (χ0v) is 20.0. The van der Waals surface area contributed by atoms with Gasteiger partial charge in [-0.3, -0.25) is 0 Å². The van der Waals surface area contributed by atoms with E-state index in [1.807, 2.05) is 0 Å². The summed E-state index contributed by atoms with van der Waals surface area (Å²) in [5.74, 6) is 1.58. The fourth-order valence-corrected chi connectivity index (χ4v) is 8.49. The highest BCUT2D eigenvalue weighted by molar-refractivity contribution is 5.71. The Balaban J connectivity index is 1.33. The molecule has 0 amide bonds. The molecule has 4 heteroatoms. The maximum absolute atomic E-state index is 6.41. The zero-order chi connectivity index (χ0) is 22.3. The highest BCUT2D eigenvalue weighted by Gasteiger charge is 2.65. The zero-order valence-electron chi connectivity index (χ0n) is 20.0. The van der Waals surface area contributed by atoms with Gasteiger partial charge in [-0.25, -0.2) is 0 Å². The van der Waals surface area contributed by atoms with Gasteiger partial charge >= 0.3 is 0 Å². The monoisotopic (exact) mass is 448 g/mol. The summed E-state index contributed by atoms with van der Waals surface area (Å²) in [6.45, 7) is 7.52. The predicted molar refractivity (Wildman–Crippen MR) is 126 cm³/mol. The molecule has 4 nitrogen and oxygen atoms in total. The third kappa shape index (κ3) is 2.90. The first-order valence-electron chi connectivity index (χ1n) is 13.1. The van der Waals surface area contributed by atoms with Crippen LogP contribution in [0.5, 0.6) is 0 Å². The van der Waals surface area contributed by atoms with Crippen LogP contribution in [0.4, 0.5) is 0 Å². The smallest absolute Gasteiger partial charge is 0.177 e. The van der Waals surface area contributed by atoms with E-state index >= 15 is 0 Å². The van der Waals surface area contributed by atoms with Crippen molar-refractivity contribution >= 4 is 5.57 Å². The van der Waals surface area contributed by atoms with E-state index in [0.717, 1.165) is 58.5 Å². The predicted octanol–water partition coefficient (Wildman–Crippen LogP) is 5.66. The Morgan fingerprint density at radius 1 is 0.879 bits per heavy atom. The van der Waals surface area contributed by atoms with Crippen molar-refractivity contribution in [1.29, 1.82) is 0 Å². The minimum Gasteiger partial charge on any atom is -0.347 e. The van der Waals surface area contributed by atoms with Gasteiger partial charge in [-0.1, -0.05) is 54.5 Å². The first kappa shape index (κ1) is 20.9. The fourth-order valence-electron chi connectivity index (χ4n) is 8.49. The van der Waals surface area contributed by atoms with Crippen LogP contribution >= 0.6 is 0 Å². The molecule has 176 valence electrons. The summed E-state index contributed by atoms with van der Waals surface area (Å²) in [4.78, 5) is 0. The van der Waals surface area contributed by atoms with Crippen LogP contribution in [0.15, 0.2) is 42.0 Å². The highest BCUT2D eigenvalue weighted by Crippen LogP contribution is 2.67. The Kier molecular flexibility index (Phi) is 4.60. The fraction of sp³-hybridized carbons (Fsp3) is 0.655. The summed E-state index contributed by atoms with van der Waals surface area (Å²) in [7, 11) is 0. The lowest BCUT2D eigenvalue weighted by Gasteiger charge is -2.54. The SMILES string of the molecule is Cc1ccc(C2=C[C@@]3(C)[C@@H](CCC34OCCO4)[C@@H]3CC=C4CC5(CC[C@@H]4[C@@H]23)OCCO5)cc1. The molecule has 1 aromatic carbocycles. The third-order valence-corrected chi connectivity index (χ3v) is 9.99. The van der Waals surface area contributed by atoms with E-state index in [1.165, 1.54) is 23.1 Å². The molecule has 33 heavy (non-hydrogen) atoms. The molecule has 4 aliphatic carbocycles. The van der Waals surface area contributed by atoms with E-state index in [4.69, 9.17) is 18.9 Å². The summed E-state index contributed by atoms with van der Waals surface area (Å²) in [6.07, 6.45) is 11.6. The highest BCUT2D eigenvalue weighted by atomic mass is 16.7. The van der Waals surface area contributed by atoms with Gasteiger partial charge in [-0.2, -0.15) is 0 Å². The van der Waals surface area contributed by atoms with Crippen molar-refractivity contribution in [3.8, 4) is 0 Å². The summed E-state index contributed by atoms with van der Waals surface area (Å²) in [5, 5.41) is 0. The standard InChI is InChI=1S/C29H36O4/c1-19-3-5-20(6-4-19)24-18-27(2)25(10-12-29(27)32-15-16-33-29)23-8-7-21-17-28(30-13-14-31-28)11-9-22(21)26(23)24/h3-7,18,22-23,25-26H,8-17H2,1-2H3/t22-,23-,25-,26+,27-/m0/s1. The van der Waals surface area contributed by atoms with Crippen LogP contribution in [0, 0.1) is 36.0 Å². The van der Waals surface area contributed by atoms with Gasteiger partial charge in [0, 0.05) is 24.7 Å². The van der Waals surface area contributed by atoms with Crippen molar-refractivity contribution in [2.75, 3.05) is 26.4 Å². The van der Waals surface area contributed by atoms with Crippen LogP contribution in [0.2, 0.25) is 0 Å². The van der Waals surface area contributed by atoms with Gasteiger partial charge in [0.25, 0.3) is 0 Å². The van der Waals surface area contributed by atoms with Crippen LogP contribution < -0.4 is 0 Å². The molecule has 2 saturated carbocycles. The molecule has 2 saturated heterocycles. The molecule has 4 fully saturated rings. The molecule has 7 rings (SSSR count). The molecule has 0 N–H and O–H groups in total. The van der Waals surface area contributed by atoms with Crippen molar-refractivity contribution in [3.05, 3.63) is 53.1 Å². The molecule has 2 aliphatic heterocycles. The van der Waals surface area contributed by atoms with Gasteiger partial charge in [0.05, 0.1) is 26.4 Å². The average molecular weight is 449 g/mol. The minimum absolute atomic E-state index is 0.0796. The van der Waals surface area contributed by atoms with Gasteiger partial charge in [0.15, 0.2) is 11.6 Å². The third-order valence-electron chi connectivity index (χ3n) is 9.99. The quantitative estimate of drug-likeness (QED) is 0.520. The second-order valence-electron chi connectivity index (χ2n) is 11.5. The maximum atomic E-state index is 6.41. The van der Waals surface area contributed by atoms with Gasteiger partial charge in [-0.05, 0) is 61.0 Å². The minimum atomic E-state index is -0.440. The van der Waals surface area contributed by atoms with Gasteiger partial charge in [0.1, 0.15) is 0 Å². The van der Waals surface area contributed by atoms with E-state index in [2.05, 4.69) is 50.3 Å². The molecule has 2 heterocycles. The Hall–Kier alpha value is -1.46. The van der Waals surface area contributed by atoms with Crippen LogP contribution in [-0.2, 0) is 18.9 Å². The van der Waals surface area contributed by atoms with E-state index < -0.39 is 5.79 Å². The number of aryl methyl sites for hydroxylation is 1. The molecular formula is C29H36O4. The first-order valence-corrected chi connectivity index (χ1v) is 13.1. The normalized spacial score (nSPS) is 40.3. The van der Waals surface area contributed by atoms with E-state index in [0.29, 0.717) is 23.7 Å².